The van der Waals surface area contributed by atoms with Gasteiger partial charge in [-0.25, -0.2) is 5.43 Å². The number of allylic oxidation sites excluding steroid dienone is 1. The van der Waals surface area contributed by atoms with Gasteiger partial charge >= 0.3 is 0 Å². The lowest BCUT2D eigenvalue weighted by atomic mass is 10.1. The quantitative estimate of drug-likeness (QED) is 0.0658. The van der Waals surface area contributed by atoms with E-state index < -0.39 is 24.3 Å². The molecule has 0 radical (unpaired) electrons. The van der Waals surface area contributed by atoms with E-state index in [-0.39, 0.29) is 17.6 Å². The SMILES string of the molecule is CCNC(=O)[C@@H](OC)[C@@H](O)[C@@H](O)N(C)c1nc(N/N=C/CCC/C=C\O)nc(N)c1NC. The summed E-state index contributed by atoms with van der Waals surface area (Å²) in [6, 6.07) is 0. The van der Waals surface area contributed by atoms with Crippen molar-refractivity contribution in [3.05, 3.63) is 12.3 Å². The van der Waals surface area contributed by atoms with Gasteiger partial charge in [0.2, 0.25) is 5.95 Å². The van der Waals surface area contributed by atoms with Crippen LogP contribution in [0, 0.1) is 0 Å². The summed E-state index contributed by atoms with van der Waals surface area (Å²) in [6.45, 7) is 2.07. The number of ether oxygens (including phenoxy) is 1. The van der Waals surface area contributed by atoms with Gasteiger partial charge < -0.3 is 41.3 Å². The first-order valence-corrected chi connectivity index (χ1v) is 10.1. The molecule has 180 valence electrons. The van der Waals surface area contributed by atoms with E-state index in [0.29, 0.717) is 18.7 Å². The highest BCUT2D eigenvalue weighted by Crippen LogP contribution is 2.30. The van der Waals surface area contributed by atoms with Crippen LogP contribution in [-0.4, -0.2) is 83.6 Å². The Bertz CT molecular complexity index is 776. The van der Waals surface area contributed by atoms with Crippen LogP contribution in [0.2, 0.25) is 0 Å². The number of carbonyl (C=O) groups is 1. The van der Waals surface area contributed by atoms with Gasteiger partial charge in [-0.2, -0.15) is 15.1 Å². The molecule has 1 aromatic heterocycles. The molecule has 0 spiro atoms. The van der Waals surface area contributed by atoms with Crippen LogP contribution in [0.5, 0.6) is 0 Å². The number of aliphatic hydroxyl groups is 3. The van der Waals surface area contributed by atoms with E-state index in [1.54, 1.807) is 26.3 Å². The molecular formula is C19H34N8O5. The third-order valence-electron chi connectivity index (χ3n) is 4.44. The van der Waals surface area contributed by atoms with Crippen LogP contribution >= 0.6 is 0 Å². The lowest BCUT2D eigenvalue weighted by molar-refractivity contribution is -0.144. The molecule has 1 amide bonds. The van der Waals surface area contributed by atoms with Gasteiger partial charge in [0.1, 0.15) is 11.8 Å². The number of amides is 1. The summed E-state index contributed by atoms with van der Waals surface area (Å²) >= 11 is 0. The Morgan fingerprint density at radius 2 is 2.06 bits per heavy atom. The van der Waals surface area contributed by atoms with Gasteiger partial charge in [-0.3, -0.25) is 4.79 Å². The van der Waals surface area contributed by atoms with Crippen LogP contribution in [-0.2, 0) is 9.53 Å². The number of hydrazone groups is 1. The number of carbonyl (C=O) groups excluding carboxylic acids is 1. The highest BCUT2D eigenvalue weighted by molar-refractivity contribution is 5.82. The monoisotopic (exact) mass is 454 g/mol. The summed E-state index contributed by atoms with van der Waals surface area (Å²) in [5.41, 5.74) is 9.00. The second-order valence-corrected chi connectivity index (χ2v) is 6.69. The Balaban J connectivity index is 3.02. The summed E-state index contributed by atoms with van der Waals surface area (Å²) in [4.78, 5) is 21.8. The van der Waals surface area contributed by atoms with Crippen LogP contribution in [0.4, 0.5) is 23.3 Å². The predicted molar refractivity (Wildman–Crippen MR) is 124 cm³/mol. The predicted octanol–water partition coefficient (Wildman–Crippen LogP) is 0.00680. The van der Waals surface area contributed by atoms with Gasteiger partial charge in [-0.1, -0.05) is 6.08 Å². The van der Waals surface area contributed by atoms with Gasteiger partial charge in [-0.05, 0) is 26.2 Å². The number of rotatable bonds is 14. The maximum atomic E-state index is 12.1. The number of anilines is 4. The minimum absolute atomic E-state index is 0.0727. The molecule has 13 nitrogen and oxygen atoms in total. The third kappa shape index (κ3) is 7.51. The fourth-order valence-corrected chi connectivity index (χ4v) is 2.77. The third-order valence-corrected chi connectivity index (χ3v) is 4.44. The molecule has 1 aromatic rings. The van der Waals surface area contributed by atoms with Crippen molar-refractivity contribution in [2.24, 2.45) is 5.10 Å². The average molecular weight is 455 g/mol. The first-order chi connectivity index (χ1) is 15.3. The van der Waals surface area contributed by atoms with E-state index in [0.717, 1.165) is 19.1 Å². The van der Waals surface area contributed by atoms with E-state index >= 15 is 0 Å². The molecule has 0 fully saturated rings. The number of hydrogen-bond acceptors (Lipinski definition) is 12. The van der Waals surface area contributed by atoms with Crippen molar-refractivity contribution in [1.29, 1.82) is 0 Å². The number of nitrogens with zero attached hydrogens (tertiary/aromatic N) is 4. The van der Waals surface area contributed by atoms with E-state index in [9.17, 15) is 15.0 Å². The van der Waals surface area contributed by atoms with Gasteiger partial charge in [0, 0.05) is 34.0 Å². The number of likely N-dealkylation sites (N-methyl/N-ethyl adjacent to an activating group) is 2. The Labute approximate surface area is 187 Å². The maximum absolute atomic E-state index is 12.1. The molecule has 1 heterocycles. The molecule has 1 rings (SSSR count). The molecule has 0 aliphatic rings. The number of hydrogen-bond donors (Lipinski definition) is 7. The zero-order valence-corrected chi connectivity index (χ0v) is 18.8. The Kier molecular flexibility index (Phi) is 11.8. The minimum Gasteiger partial charge on any atom is -0.516 e. The average Bonchev–Trinajstić information content (AvgIpc) is 2.77. The number of nitrogens with one attached hydrogen (secondary N) is 3. The largest absolute Gasteiger partial charge is 0.516 e. The normalized spacial score (nSPS) is 14.3. The lowest BCUT2D eigenvalue weighted by Gasteiger charge is -2.32. The second kappa shape index (κ2) is 14.0. The number of unbranched alkanes of at least 4 members (excludes halogenated alkanes) is 2. The van der Waals surface area contributed by atoms with E-state index in [4.69, 9.17) is 15.6 Å². The standard InChI is InChI=1S/C19H34N8O5/c1-5-22-17(30)14(32-4)13(29)18(31)27(3)16-12(21-2)15(20)24-19(25-16)26-23-10-8-6-7-9-11-28/h9-11,13-14,18,21,28-29,31H,5-8H2,1-4H3,(H,22,30)(H3,20,24,25,26)/b11-9-,23-10+/t13-,14+,18-/m1/s1. The molecule has 0 aliphatic heterocycles. The lowest BCUT2D eigenvalue weighted by Crippen LogP contribution is -2.53. The topological polar surface area (TPSA) is 190 Å². The molecule has 8 N–H and O–H groups in total. The Hall–Kier alpha value is -3.16. The first-order valence-electron chi connectivity index (χ1n) is 10.1. The molecule has 0 aromatic carbocycles. The van der Waals surface area contributed by atoms with Crippen LogP contribution in [0.3, 0.4) is 0 Å². The number of aliphatic hydroxyl groups excluding tert-OH is 3. The zero-order chi connectivity index (χ0) is 24.1. The van der Waals surface area contributed by atoms with Gasteiger partial charge in [0.15, 0.2) is 24.0 Å². The van der Waals surface area contributed by atoms with E-state index in [2.05, 4.69) is 31.1 Å². The maximum Gasteiger partial charge on any atom is 0.252 e. The van der Waals surface area contributed by atoms with Crippen molar-refractivity contribution >= 4 is 35.4 Å². The van der Waals surface area contributed by atoms with Gasteiger partial charge in [0.25, 0.3) is 5.91 Å². The Morgan fingerprint density at radius 1 is 1.34 bits per heavy atom. The summed E-state index contributed by atoms with van der Waals surface area (Å²) in [5.74, 6) is -0.229. The highest BCUT2D eigenvalue weighted by atomic mass is 16.5. The number of aromatic nitrogens is 2. The summed E-state index contributed by atoms with van der Waals surface area (Å²) < 4.78 is 5.07. The van der Waals surface area contributed by atoms with Crippen molar-refractivity contribution in [3.63, 3.8) is 0 Å². The molecule has 0 unspecified atom stereocenters. The van der Waals surface area contributed by atoms with Crippen LogP contribution in [0.25, 0.3) is 0 Å². The molecule has 3 atom stereocenters. The van der Waals surface area contributed by atoms with Crippen molar-refractivity contribution in [1.82, 2.24) is 15.3 Å². The number of methoxy groups -OCH3 is 1. The van der Waals surface area contributed by atoms with Crippen LogP contribution < -0.4 is 26.7 Å². The van der Waals surface area contributed by atoms with E-state index in [1.165, 1.54) is 19.1 Å². The van der Waals surface area contributed by atoms with Crippen molar-refractivity contribution < 1.29 is 24.9 Å². The molecule has 0 saturated heterocycles. The van der Waals surface area contributed by atoms with Crippen molar-refractivity contribution in [2.75, 3.05) is 49.1 Å². The second-order valence-electron chi connectivity index (χ2n) is 6.69. The van der Waals surface area contributed by atoms with Crippen LogP contribution in [0.1, 0.15) is 26.2 Å². The fraction of sp³-hybridized carbons (Fsp3) is 0.579. The van der Waals surface area contributed by atoms with Crippen molar-refractivity contribution in [2.45, 2.75) is 44.6 Å². The molecule has 13 heteroatoms. The van der Waals surface area contributed by atoms with Gasteiger partial charge in [0.05, 0.1) is 6.26 Å². The molecular weight excluding hydrogens is 420 g/mol. The summed E-state index contributed by atoms with van der Waals surface area (Å²) in [5, 5.41) is 39.3. The van der Waals surface area contributed by atoms with Crippen molar-refractivity contribution in [3.8, 4) is 0 Å². The van der Waals surface area contributed by atoms with E-state index in [1.807, 2.05) is 0 Å². The molecule has 0 saturated carbocycles. The minimum atomic E-state index is -1.58. The van der Waals surface area contributed by atoms with Crippen LogP contribution in [0.15, 0.2) is 17.4 Å². The highest BCUT2D eigenvalue weighted by Gasteiger charge is 2.35. The number of nitrogen functional groups attached to an aromatic ring is 1. The summed E-state index contributed by atoms with van der Waals surface area (Å²) in [7, 11) is 4.34. The Morgan fingerprint density at radius 3 is 2.66 bits per heavy atom. The molecule has 0 aliphatic carbocycles. The first kappa shape index (κ1) is 26.9. The smallest absolute Gasteiger partial charge is 0.252 e. The van der Waals surface area contributed by atoms with Gasteiger partial charge in [-0.15, -0.1) is 0 Å². The molecule has 32 heavy (non-hydrogen) atoms. The molecule has 0 bridgehead atoms. The summed E-state index contributed by atoms with van der Waals surface area (Å²) in [6.07, 6.45) is 2.02. The zero-order valence-electron chi connectivity index (χ0n) is 18.8. The fourth-order valence-electron chi connectivity index (χ4n) is 2.77. The number of nitrogens with two attached hydrogens (primary N) is 1.